The van der Waals surface area contributed by atoms with E-state index >= 15 is 0 Å². The molecule has 0 aliphatic heterocycles. The van der Waals surface area contributed by atoms with Crippen LogP contribution in [0.15, 0.2) is 29.2 Å². The summed E-state index contributed by atoms with van der Waals surface area (Å²) < 4.78 is 44.8. The van der Waals surface area contributed by atoms with Crippen LogP contribution in [0.1, 0.15) is 16.1 Å². The molecule has 114 valence electrons. The molecule has 0 aromatic carbocycles. The van der Waals surface area contributed by atoms with Gasteiger partial charge in [-0.3, -0.25) is 9.20 Å². The van der Waals surface area contributed by atoms with Crippen molar-refractivity contribution >= 4 is 22.6 Å². The van der Waals surface area contributed by atoms with Gasteiger partial charge in [-0.2, -0.15) is 13.2 Å². The van der Waals surface area contributed by atoms with E-state index in [1.54, 1.807) is 0 Å². The second kappa shape index (κ2) is 4.58. The number of rotatable bonds is 1. The molecule has 0 spiro atoms. The van der Waals surface area contributed by atoms with E-state index in [1.807, 2.05) is 0 Å². The minimum absolute atomic E-state index is 0.0757. The first-order valence-electron chi connectivity index (χ1n) is 6.02. The molecule has 1 N–H and O–H groups in total. The maximum Gasteiger partial charge on any atom is 0.417 e. The zero-order valence-electron chi connectivity index (χ0n) is 11.1. The normalized spacial score (nSPS) is 12.0. The van der Waals surface area contributed by atoms with Crippen LogP contribution in [0, 0.1) is 0 Å². The van der Waals surface area contributed by atoms with E-state index in [-0.39, 0.29) is 22.4 Å². The van der Waals surface area contributed by atoms with Gasteiger partial charge in [0.25, 0.3) is 0 Å². The van der Waals surface area contributed by atoms with Crippen molar-refractivity contribution in [3.05, 3.63) is 46.0 Å². The van der Waals surface area contributed by atoms with Crippen LogP contribution in [0.3, 0.4) is 0 Å². The number of nitrogens with zero attached hydrogens (tertiary/aromatic N) is 2. The predicted octanol–water partition coefficient (Wildman–Crippen LogP) is 1.98. The van der Waals surface area contributed by atoms with Crippen molar-refractivity contribution in [3.8, 4) is 0 Å². The van der Waals surface area contributed by atoms with Gasteiger partial charge in [0.2, 0.25) is 5.56 Å². The number of esters is 1. The van der Waals surface area contributed by atoms with Gasteiger partial charge in [-0.05, 0) is 12.1 Å². The molecule has 0 bridgehead atoms. The zero-order valence-corrected chi connectivity index (χ0v) is 11.1. The second-order valence-corrected chi connectivity index (χ2v) is 4.49. The van der Waals surface area contributed by atoms with Gasteiger partial charge in [0, 0.05) is 17.6 Å². The van der Waals surface area contributed by atoms with Crippen molar-refractivity contribution in [1.29, 1.82) is 0 Å². The predicted molar refractivity (Wildman–Crippen MR) is 69.7 cm³/mol. The third-order valence-corrected chi connectivity index (χ3v) is 3.14. The maximum absolute atomic E-state index is 13.0. The smallest absolute Gasteiger partial charge is 0.417 e. The molecule has 0 fully saturated rings. The number of pyridine rings is 2. The van der Waals surface area contributed by atoms with Crippen LogP contribution in [0.5, 0.6) is 0 Å². The highest BCUT2D eigenvalue weighted by Crippen LogP contribution is 2.33. The Morgan fingerprint density at radius 3 is 2.73 bits per heavy atom. The summed E-state index contributed by atoms with van der Waals surface area (Å²) in [5.74, 6) is -0.730. The molecule has 0 radical (unpaired) electrons. The lowest BCUT2D eigenvalue weighted by molar-refractivity contribution is -0.136. The lowest BCUT2D eigenvalue weighted by Gasteiger charge is -2.10. The molecule has 0 saturated carbocycles. The first-order valence-corrected chi connectivity index (χ1v) is 6.02. The molecule has 0 unspecified atom stereocenters. The van der Waals surface area contributed by atoms with Gasteiger partial charge in [-0.25, -0.2) is 9.78 Å². The number of fused-ring (bicyclic) bond motifs is 3. The van der Waals surface area contributed by atoms with E-state index in [2.05, 4.69) is 14.7 Å². The third kappa shape index (κ3) is 2.10. The van der Waals surface area contributed by atoms with Gasteiger partial charge in [0.05, 0.1) is 12.7 Å². The Labute approximate surface area is 120 Å². The Morgan fingerprint density at radius 1 is 1.36 bits per heavy atom. The molecule has 0 aliphatic rings. The van der Waals surface area contributed by atoms with Gasteiger partial charge in [-0.15, -0.1) is 0 Å². The number of H-pyrrole nitrogens is 1. The number of hydrogen-bond donors (Lipinski definition) is 1. The number of halogens is 3. The SMILES string of the molecule is COC(=O)c1cn2c(ccc3c(C(F)(F)F)cc(=O)[nH]c32)n1. The van der Waals surface area contributed by atoms with Crippen molar-refractivity contribution in [2.75, 3.05) is 7.11 Å². The summed E-state index contributed by atoms with van der Waals surface area (Å²) in [7, 11) is 1.16. The van der Waals surface area contributed by atoms with Crippen LogP contribution < -0.4 is 5.56 Å². The molecule has 0 saturated heterocycles. The van der Waals surface area contributed by atoms with Gasteiger partial charge in [0.1, 0.15) is 11.3 Å². The average molecular weight is 311 g/mol. The molecule has 3 rings (SSSR count). The summed E-state index contributed by atoms with van der Waals surface area (Å²) in [6.45, 7) is 0. The first kappa shape index (κ1) is 14.1. The van der Waals surface area contributed by atoms with Crippen molar-refractivity contribution in [2.24, 2.45) is 0 Å². The highest BCUT2D eigenvalue weighted by atomic mass is 19.4. The molecular weight excluding hydrogens is 303 g/mol. The third-order valence-electron chi connectivity index (χ3n) is 3.14. The topological polar surface area (TPSA) is 76.5 Å². The minimum atomic E-state index is -4.67. The number of aromatic amines is 1. The maximum atomic E-state index is 13.0. The van der Waals surface area contributed by atoms with E-state index in [4.69, 9.17) is 0 Å². The van der Waals surface area contributed by atoms with Gasteiger partial charge < -0.3 is 9.72 Å². The number of nitrogens with one attached hydrogen (secondary N) is 1. The van der Waals surface area contributed by atoms with Gasteiger partial charge in [-0.1, -0.05) is 0 Å². The average Bonchev–Trinajstić information content (AvgIpc) is 2.89. The zero-order chi connectivity index (χ0) is 16.1. The van der Waals surface area contributed by atoms with Crippen LogP contribution in [0.4, 0.5) is 13.2 Å². The number of hydrogen-bond acceptors (Lipinski definition) is 4. The Kier molecular flexibility index (Phi) is 2.94. The van der Waals surface area contributed by atoms with Gasteiger partial charge in [0.15, 0.2) is 5.69 Å². The van der Waals surface area contributed by atoms with Crippen molar-refractivity contribution < 1.29 is 22.7 Å². The number of methoxy groups -OCH3 is 1. The fraction of sp³-hybridized carbons (Fsp3) is 0.154. The Balaban J connectivity index is 2.42. The first-order chi connectivity index (χ1) is 10.3. The van der Waals surface area contributed by atoms with E-state index in [9.17, 15) is 22.8 Å². The summed E-state index contributed by atoms with van der Waals surface area (Å²) in [5.41, 5.74) is -1.92. The summed E-state index contributed by atoms with van der Waals surface area (Å²) in [6.07, 6.45) is -3.47. The Morgan fingerprint density at radius 2 is 2.09 bits per heavy atom. The van der Waals surface area contributed by atoms with Crippen LogP contribution in [0.25, 0.3) is 16.7 Å². The second-order valence-electron chi connectivity index (χ2n) is 4.49. The number of carbonyl (C=O) groups is 1. The highest BCUT2D eigenvalue weighted by molar-refractivity contribution is 5.89. The molecule has 6 nitrogen and oxygen atoms in total. The standard InChI is InChI=1S/C13H8F3N3O3/c1-22-12(21)8-5-19-9(17-8)3-2-6-7(13(14,15)16)4-10(20)18-11(6)19/h2-5H,1H3,(H,18,20). The van der Waals surface area contributed by atoms with Crippen LogP contribution in [-0.4, -0.2) is 27.4 Å². The Bertz CT molecular complexity index is 956. The van der Waals surface area contributed by atoms with E-state index in [0.29, 0.717) is 6.07 Å². The highest BCUT2D eigenvalue weighted by Gasteiger charge is 2.33. The summed E-state index contributed by atoms with van der Waals surface area (Å²) in [4.78, 5) is 29.2. The fourth-order valence-electron chi connectivity index (χ4n) is 2.20. The van der Waals surface area contributed by atoms with Gasteiger partial charge >= 0.3 is 12.1 Å². The van der Waals surface area contributed by atoms with Crippen molar-refractivity contribution in [2.45, 2.75) is 6.18 Å². The number of aromatic nitrogens is 3. The molecular formula is C13H8F3N3O3. The monoisotopic (exact) mass is 311 g/mol. The van der Waals surface area contributed by atoms with Crippen molar-refractivity contribution in [1.82, 2.24) is 14.4 Å². The molecule has 3 aromatic rings. The number of ether oxygens (including phenoxy) is 1. The molecule has 3 heterocycles. The van der Waals surface area contributed by atoms with Crippen LogP contribution in [0.2, 0.25) is 0 Å². The number of imidazole rings is 1. The van der Waals surface area contributed by atoms with Crippen molar-refractivity contribution in [3.63, 3.8) is 0 Å². The summed E-state index contributed by atoms with van der Waals surface area (Å²) >= 11 is 0. The number of carbonyl (C=O) groups excluding carboxylic acids is 1. The quantitative estimate of drug-likeness (QED) is 0.697. The van der Waals surface area contributed by atoms with Crippen LogP contribution >= 0.6 is 0 Å². The molecule has 22 heavy (non-hydrogen) atoms. The lowest BCUT2D eigenvalue weighted by Crippen LogP contribution is -2.15. The summed E-state index contributed by atoms with van der Waals surface area (Å²) in [6, 6.07) is 3.01. The molecule has 9 heteroatoms. The fourth-order valence-corrected chi connectivity index (χ4v) is 2.20. The van der Waals surface area contributed by atoms with E-state index in [0.717, 1.165) is 7.11 Å². The van der Waals surface area contributed by atoms with E-state index < -0.39 is 23.3 Å². The molecule has 3 aromatic heterocycles. The lowest BCUT2D eigenvalue weighted by atomic mass is 10.1. The Hall–Kier alpha value is -2.84. The molecule has 0 aliphatic carbocycles. The molecule has 0 atom stereocenters. The van der Waals surface area contributed by atoms with E-state index in [1.165, 1.54) is 22.7 Å². The largest absolute Gasteiger partial charge is 0.464 e. The minimum Gasteiger partial charge on any atom is -0.464 e. The summed E-state index contributed by atoms with van der Waals surface area (Å²) in [5, 5.41) is -0.201. The number of alkyl halides is 3. The molecule has 0 amide bonds. The van der Waals surface area contributed by atoms with Crippen LogP contribution in [-0.2, 0) is 10.9 Å².